The molecule has 1 aromatic rings. The molecule has 3 nitrogen and oxygen atoms in total. The van der Waals surface area contributed by atoms with Crippen LogP contribution in [0.1, 0.15) is 31.1 Å². The molecule has 0 aromatic carbocycles. The fourth-order valence-electron chi connectivity index (χ4n) is 1.53. The molecule has 1 rings (SSSR count). The highest BCUT2D eigenvalue weighted by atomic mass is 79.9. The second-order valence-corrected chi connectivity index (χ2v) is 5.81. The van der Waals surface area contributed by atoms with Gasteiger partial charge in [-0.2, -0.15) is 0 Å². The largest absolute Gasteiger partial charge is 0.341 e. The lowest BCUT2D eigenvalue weighted by atomic mass is 9.96. The molecule has 0 fully saturated rings. The molecule has 88 valence electrons. The molecule has 1 amide bonds. The summed E-state index contributed by atoms with van der Waals surface area (Å²) in [6.07, 6.45) is 1.66. The summed E-state index contributed by atoms with van der Waals surface area (Å²) >= 11 is 3.29. The minimum Gasteiger partial charge on any atom is -0.341 e. The van der Waals surface area contributed by atoms with Gasteiger partial charge >= 0.3 is 0 Å². The van der Waals surface area contributed by atoms with Crippen LogP contribution < -0.4 is 0 Å². The molecule has 0 spiro atoms. The van der Waals surface area contributed by atoms with Crippen molar-refractivity contribution in [3.05, 3.63) is 28.5 Å². The monoisotopic (exact) mass is 284 g/mol. The Balaban J connectivity index is 2.83. The van der Waals surface area contributed by atoms with Crippen LogP contribution in [0.3, 0.4) is 0 Å². The number of hydrogen-bond donors (Lipinski definition) is 0. The summed E-state index contributed by atoms with van der Waals surface area (Å²) in [7, 11) is 1.81. The maximum absolute atomic E-state index is 12.1. The van der Waals surface area contributed by atoms with E-state index in [4.69, 9.17) is 0 Å². The standard InChI is InChI=1S/C12H17BrN2O/c1-12(2,3)8-15(4)11(16)9-6-5-7-14-10(9)13/h5-7H,8H2,1-4H3. The van der Waals surface area contributed by atoms with Gasteiger partial charge in [-0.05, 0) is 33.5 Å². The van der Waals surface area contributed by atoms with Gasteiger partial charge in [-0.3, -0.25) is 4.79 Å². The van der Waals surface area contributed by atoms with E-state index in [2.05, 4.69) is 41.7 Å². The lowest BCUT2D eigenvalue weighted by Gasteiger charge is -2.26. The maximum atomic E-state index is 12.1. The van der Waals surface area contributed by atoms with Crippen molar-refractivity contribution in [3.8, 4) is 0 Å². The second kappa shape index (κ2) is 4.95. The van der Waals surface area contributed by atoms with Gasteiger partial charge in [0.25, 0.3) is 5.91 Å². The lowest BCUT2D eigenvalue weighted by molar-refractivity contribution is 0.0744. The summed E-state index contributed by atoms with van der Waals surface area (Å²) in [5.41, 5.74) is 0.702. The molecule has 0 aliphatic rings. The van der Waals surface area contributed by atoms with Crippen LogP contribution in [0.2, 0.25) is 0 Å². The lowest BCUT2D eigenvalue weighted by Crippen LogP contribution is -2.34. The summed E-state index contributed by atoms with van der Waals surface area (Å²) in [4.78, 5) is 17.9. The van der Waals surface area contributed by atoms with E-state index in [1.807, 2.05) is 7.05 Å². The second-order valence-electron chi connectivity index (χ2n) is 5.06. The number of halogens is 1. The van der Waals surface area contributed by atoms with E-state index in [0.717, 1.165) is 0 Å². The van der Waals surface area contributed by atoms with Crippen molar-refractivity contribution in [1.82, 2.24) is 9.88 Å². The fourth-order valence-corrected chi connectivity index (χ4v) is 1.95. The Morgan fingerprint density at radius 2 is 2.12 bits per heavy atom. The highest BCUT2D eigenvalue weighted by Gasteiger charge is 2.20. The highest BCUT2D eigenvalue weighted by molar-refractivity contribution is 9.10. The molecule has 0 atom stereocenters. The van der Waals surface area contributed by atoms with Crippen LogP contribution in [0.25, 0.3) is 0 Å². The van der Waals surface area contributed by atoms with Gasteiger partial charge in [-0.25, -0.2) is 4.98 Å². The fraction of sp³-hybridized carbons (Fsp3) is 0.500. The SMILES string of the molecule is CN(CC(C)(C)C)C(=O)c1cccnc1Br. The van der Waals surface area contributed by atoms with E-state index >= 15 is 0 Å². The van der Waals surface area contributed by atoms with Crippen LogP contribution >= 0.6 is 15.9 Å². The number of hydrogen-bond acceptors (Lipinski definition) is 2. The van der Waals surface area contributed by atoms with E-state index in [1.54, 1.807) is 23.2 Å². The van der Waals surface area contributed by atoms with E-state index in [0.29, 0.717) is 16.7 Å². The molecular weight excluding hydrogens is 268 g/mol. The van der Waals surface area contributed by atoms with Crippen molar-refractivity contribution >= 4 is 21.8 Å². The third kappa shape index (κ3) is 3.59. The third-order valence-corrected chi connectivity index (χ3v) is 2.68. The van der Waals surface area contributed by atoms with Gasteiger partial charge in [-0.15, -0.1) is 0 Å². The van der Waals surface area contributed by atoms with E-state index in [-0.39, 0.29) is 11.3 Å². The zero-order valence-corrected chi connectivity index (χ0v) is 11.7. The summed E-state index contributed by atoms with van der Waals surface area (Å²) in [5, 5.41) is 0. The molecule has 1 heterocycles. The zero-order chi connectivity index (χ0) is 12.3. The van der Waals surface area contributed by atoms with E-state index < -0.39 is 0 Å². The summed E-state index contributed by atoms with van der Waals surface area (Å²) in [6.45, 7) is 7.03. The van der Waals surface area contributed by atoms with Gasteiger partial charge in [-0.1, -0.05) is 20.8 Å². The van der Waals surface area contributed by atoms with Gasteiger partial charge < -0.3 is 4.90 Å². The first-order chi connectivity index (χ1) is 7.31. The number of carbonyl (C=O) groups excluding carboxylic acids is 1. The molecule has 0 aliphatic carbocycles. The van der Waals surface area contributed by atoms with E-state index in [9.17, 15) is 4.79 Å². The zero-order valence-electron chi connectivity index (χ0n) is 10.1. The van der Waals surface area contributed by atoms with Gasteiger partial charge in [0, 0.05) is 19.8 Å². The molecule has 0 aliphatic heterocycles. The average Bonchev–Trinajstić information content (AvgIpc) is 2.15. The molecular formula is C12H17BrN2O. The molecule has 0 N–H and O–H groups in total. The quantitative estimate of drug-likeness (QED) is 0.783. The molecule has 16 heavy (non-hydrogen) atoms. The normalized spacial score (nSPS) is 11.3. The highest BCUT2D eigenvalue weighted by Crippen LogP contribution is 2.18. The minimum atomic E-state index is -0.00472. The van der Waals surface area contributed by atoms with Crippen LogP contribution in [0.4, 0.5) is 0 Å². The Morgan fingerprint density at radius 3 is 2.62 bits per heavy atom. The van der Waals surface area contributed by atoms with Gasteiger partial charge in [0.2, 0.25) is 0 Å². The smallest absolute Gasteiger partial charge is 0.256 e. The Labute approximate surface area is 105 Å². The molecule has 4 heteroatoms. The predicted molar refractivity (Wildman–Crippen MR) is 68.4 cm³/mol. The van der Waals surface area contributed by atoms with E-state index in [1.165, 1.54) is 0 Å². The molecule has 1 aromatic heterocycles. The topological polar surface area (TPSA) is 33.2 Å². The molecule has 0 saturated heterocycles. The number of nitrogens with zero attached hydrogens (tertiary/aromatic N) is 2. The van der Waals surface area contributed by atoms with Crippen LogP contribution in [0.5, 0.6) is 0 Å². The number of aromatic nitrogens is 1. The Hall–Kier alpha value is -0.900. The minimum absolute atomic E-state index is 0.00472. The van der Waals surface area contributed by atoms with Gasteiger partial charge in [0.15, 0.2) is 0 Å². The van der Waals surface area contributed by atoms with Crippen molar-refractivity contribution in [1.29, 1.82) is 0 Å². The van der Waals surface area contributed by atoms with Crippen molar-refractivity contribution in [3.63, 3.8) is 0 Å². The average molecular weight is 285 g/mol. The predicted octanol–water partition coefficient (Wildman–Crippen LogP) is 2.96. The first-order valence-corrected chi connectivity index (χ1v) is 5.96. The van der Waals surface area contributed by atoms with Crippen LogP contribution in [-0.4, -0.2) is 29.4 Å². The van der Waals surface area contributed by atoms with Crippen molar-refractivity contribution in [2.24, 2.45) is 5.41 Å². The third-order valence-electron chi connectivity index (χ3n) is 2.05. The summed E-state index contributed by atoms with van der Waals surface area (Å²) in [6, 6.07) is 3.54. The first kappa shape index (κ1) is 13.2. The van der Waals surface area contributed by atoms with Crippen LogP contribution in [-0.2, 0) is 0 Å². The number of rotatable bonds is 2. The summed E-state index contributed by atoms with van der Waals surface area (Å²) in [5.74, 6) is -0.00472. The van der Waals surface area contributed by atoms with Gasteiger partial charge in [0.1, 0.15) is 4.60 Å². The van der Waals surface area contributed by atoms with Crippen LogP contribution in [0.15, 0.2) is 22.9 Å². The maximum Gasteiger partial charge on any atom is 0.256 e. The number of pyridine rings is 1. The molecule has 0 unspecified atom stereocenters. The first-order valence-electron chi connectivity index (χ1n) is 5.17. The van der Waals surface area contributed by atoms with Crippen molar-refractivity contribution in [2.45, 2.75) is 20.8 Å². The van der Waals surface area contributed by atoms with Crippen molar-refractivity contribution in [2.75, 3.05) is 13.6 Å². The molecule has 0 radical (unpaired) electrons. The van der Waals surface area contributed by atoms with Crippen molar-refractivity contribution < 1.29 is 4.79 Å². The Bertz CT molecular complexity index is 385. The Morgan fingerprint density at radius 1 is 1.50 bits per heavy atom. The Kier molecular flexibility index (Phi) is 4.08. The molecule has 0 saturated carbocycles. The summed E-state index contributed by atoms with van der Waals surface area (Å²) < 4.78 is 0.598. The number of amides is 1. The van der Waals surface area contributed by atoms with Gasteiger partial charge in [0.05, 0.1) is 5.56 Å². The van der Waals surface area contributed by atoms with Crippen LogP contribution in [0, 0.1) is 5.41 Å². The number of carbonyl (C=O) groups is 1. The molecule has 0 bridgehead atoms.